The van der Waals surface area contributed by atoms with Crippen LogP contribution in [0.2, 0.25) is 0 Å². The van der Waals surface area contributed by atoms with Gasteiger partial charge in [-0.1, -0.05) is 6.07 Å². The van der Waals surface area contributed by atoms with Crippen molar-refractivity contribution in [3.63, 3.8) is 0 Å². The third-order valence-electron chi connectivity index (χ3n) is 4.42. The highest BCUT2D eigenvalue weighted by Crippen LogP contribution is 2.33. The van der Waals surface area contributed by atoms with Crippen LogP contribution in [-0.4, -0.2) is 49.0 Å². The Bertz CT molecular complexity index is 880. The molecule has 1 atom stereocenters. The van der Waals surface area contributed by atoms with Crippen molar-refractivity contribution in [2.45, 2.75) is 19.1 Å². The number of hydrogen-bond donors (Lipinski definition) is 1. The van der Waals surface area contributed by atoms with Crippen LogP contribution < -0.4 is 14.2 Å². The molecule has 2 aliphatic heterocycles. The average Bonchev–Trinajstić information content (AvgIpc) is 3.19. The Hall–Kier alpha value is -2.10. The summed E-state index contributed by atoms with van der Waals surface area (Å²) in [7, 11) is -3.22. The van der Waals surface area contributed by atoms with E-state index in [1.165, 1.54) is 6.26 Å². The first-order valence-corrected chi connectivity index (χ1v) is 9.93. The first kappa shape index (κ1) is 16.4. The van der Waals surface area contributed by atoms with Crippen LogP contribution in [0.3, 0.4) is 0 Å². The Balaban J connectivity index is 1.49. The lowest BCUT2D eigenvalue weighted by Crippen LogP contribution is -2.41. The lowest BCUT2D eigenvalue weighted by Gasteiger charge is -2.34. The molecular weight excluding hydrogens is 344 g/mol. The molecule has 1 aromatic carbocycles. The summed E-state index contributed by atoms with van der Waals surface area (Å²) in [4.78, 5) is 6.49. The van der Waals surface area contributed by atoms with Crippen LogP contribution in [0.25, 0.3) is 0 Å². The van der Waals surface area contributed by atoms with Crippen LogP contribution in [0.1, 0.15) is 17.3 Å². The quantitative estimate of drug-likeness (QED) is 0.841. The second kappa shape index (κ2) is 6.32. The summed E-state index contributed by atoms with van der Waals surface area (Å²) < 4.78 is 38.3. The summed E-state index contributed by atoms with van der Waals surface area (Å²) in [5, 5.41) is 0. The second-order valence-electron chi connectivity index (χ2n) is 6.42. The Morgan fingerprint density at radius 1 is 1.32 bits per heavy atom. The fourth-order valence-electron chi connectivity index (χ4n) is 3.29. The predicted molar refractivity (Wildman–Crippen MR) is 90.8 cm³/mol. The average molecular weight is 364 g/mol. The first-order chi connectivity index (χ1) is 12.0. The van der Waals surface area contributed by atoms with Crippen molar-refractivity contribution in [3.05, 3.63) is 42.0 Å². The number of sulfonamides is 1. The lowest BCUT2D eigenvalue weighted by molar-refractivity contribution is 0.173. The first-order valence-electron chi connectivity index (χ1n) is 8.04. The maximum absolute atomic E-state index is 11.4. The van der Waals surface area contributed by atoms with Gasteiger partial charge in [-0.2, -0.15) is 0 Å². The van der Waals surface area contributed by atoms with Crippen molar-refractivity contribution in [1.29, 1.82) is 0 Å². The molecule has 9 heteroatoms. The molecule has 0 bridgehead atoms. The zero-order valence-corrected chi connectivity index (χ0v) is 14.7. The fraction of sp³-hybridized carbons (Fsp3) is 0.438. The monoisotopic (exact) mass is 364 g/mol. The Kier molecular flexibility index (Phi) is 4.14. The maximum atomic E-state index is 11.4. The molecule has 1 N–H and O–H groups in total. The van der Waals surface area contributed by atoms with E-state index in [1.54, 1.807) is 6.33 Å². The van der Waals surface area contributed by atoms with E-state index in [-0.39, 0.29) is 12.8 Å². The van der Waals surface area contributed by atoms with Gasteiger partial charge >= 0.3 is 0 Å². The third kappa shape index (κ3) is 3.63. The zero-order valence-electron chi connectivity index (χ0n) is 13.9. The number of aromatic nitrogens is 2. The van der Waals surface area contributed by atoms with Crippen molar-refractivity contribution in [2.75, 3.05) is 26.1 Å². The van der Waals surface area contributed by atoms with Crippen LogP contribution in [0, 0.1) is 0 Å². The van der Waals surface area contributed by atoms with E-state index < -0.39 is 10.0 Å². The number of ether oxygens (including phenoxy) is 2. The van der Waals surface area contributed by atoms with Crippen LogP contribution in [0.15, 0.2) is 30.7 Å². The van der Waals surface area contributed by atoms with Gasteiger partial charge in [-0.3, -0.25) is 4.90 Å². The van der Waals surface area contributed by atoms with Gasteiger partial charge in [0.15, 0.2) is 11.5 Å². The summed E-state index contributed by atoms with van der Waals surface area (Å²) in [5.41, 5.74) is 2.21. The number of hydrogen-bond acceptors (Lipinski definition) is 6. The standard InChI is InChI=1S/C16H20N4O4S/c1-25(21,22)18-6-14-9-19(8-13-5-17-10-20(13)14)7-12-2-3-15-16(4-12)24-11-23-15/h2-5,10,14,18H,6-9,11H2,1H3/t14-/m0/s1. The normalized spacial score (nSPS) is 19.8. The van der Waals surface area contributed by atoms with Crippen molar-refractivity contribution in [1.82, 2.24) is 19.2 Å². The van der Waals surface area contributed by atoms with Gasteiger partial charge in [0.05, 0.1) is 24.3 Å². The molecule has 0 amide bonds. The van der Waals surface area contributed by atoms with Crippen molar-refractivity contribution in [3.8, 4) is 11.5 Å². The molecule has 8 nitrogen and oxygen atoms in total. The number of nitrogens with one attached hydrogen (secondary N) is 1. The molecule has 0 aliphatic carbocycles. The number of benzene rings is 1. The van der Waals surface area contributed by atoms with Gasteiger partial charge in [0.2, 0.25) is 16.8 Å². The Morgan fingerprint density at radius 2 is 2.16 bits per heavy atom. The van der Waals surface area contributed by atoms with Crippen LogP contribution in [0.4, 0.5) is 0 Å². The second-order valence-corrected chi connectivity index (χ2v) is 8.26. The molecule has 3 heterocycles. The van der Waals surface area contributed by atoms with Gasteiger partial charge in [-0.15, -0.1) is 0 Å². The molecule has 25 heavy (non-hydrogen) atoms. The minimum Gasteiger partial charge on any atom is -0.454 e. The summed E-state index contributed by atoms with van der Waals surface area (Å²) in [5.74, 6) is 1.55. The number of fused-ring (bicyclic) bond motifs is 2. The predicted octanol–water partition coefficient (Wildman–Crippen LogP) is 0.718. The molecule has 0 spiro atoms. The van der Waals surface area contributed by atoms with Crippen molar-refractivity contribution < 1.29 is 17.9 Å². The highest BCUT2D eigenvalue weighted by atomic mass is 32.2. The lowest BCUT2D eigenvalue weighted by atomic mass is 10.1. The highest BCUT2D eigenvalue weighted by molar-refractivity contribution is 7.88. The molecule has 2 aliphatic rings. The minimum atomic E-state index is -3.22. The molecule has 134 valence electrons. The zero-order chi connectivity index (χ0) is 17.4. The molecule has 0 saturated carbocycles. The molecule has 4 rings (SSSR count). The van der Waals surface area contributed by atoms with Gasteiger partial charge in [-0.05, 0) is 17.7 Å². The van der Waals surface area contributed by atoms with E-state index in [2.05, 4.69) is 14.6 Å². The van der Waals surface area contributed by atoms with E-state index >= 15 is 0 Å². The summed E-state index contributed by atoms with van der Waals surface area (Å²) in [6.07, 6.45) is 4.77. The van der Waals surface area contributed by atoms with E-state index in [0.29, 0.717) is 6.54 Å². The Morgan fingerprint density at radius 3 is 3.00 bits per heavy atom. The Labute approximate surface area is 146 Å². The van der Waals surface area contributed by atoms with E-state index in [0.717, 1.165) is 42.4 Å². The van der Waals surface area contributed by atoms with Crippen LogP contribution >= 0.6 is 0 Å². The number of nitrogens with zero attached hydrogens (tertiary/aromatic N) is 3. The topological polar surface area (TPSA) is 85.7 Å². The minimum absolute atomic E-state index is 0.00925. The summed E-state index contributed by atoms with van der Waals surface area (Å²) in [6, 6.07) is 5.96. The molecule has 2 aromatic rings. The maximum Gasteiger partial charge on any atom is 0.231 e. The molecule has 0 saturated heterocycles. The number of imidazole rings is 1. The summed E-state index contributed by atoms with van der Waals surface area (Å²) >= 11 is 0. The third-order valence-corrected chi connectivity index (χ3v) is 5.11. The molecule has 0 fully saturated rings. The number of rotatable bonds is 5. The summed E-state index contributed by atoms with van der Waals surface area (Å²) in [6.45, 7) is 2.86. The molecule has 0 radical (unpaired) electrons. The smallest absolute Gasteiger partial charge is 0.231 e. The molecular formula is C16H20N4O4S. The largest absolute Gasteiger partial charge is 0.454 e. The highest BCUT2D eigenvalue weighted by Gasteiger charge is 2.26. The van der Waals surface area contributed by atoms with Gasteiger partial charge in [-0.25, -0.2) is 18.1 Å². The van der Waals surface area contributed by atoms with Crippen molar-refractivity contribution >= 4 is 10.0 Å². The van der Waals surface area contributed by atoms with Gasteiger partial charge < -0.3 is 14.0 Å². The van der Waals surface area contributed by atoms with E-state index in [4.69, 9.17) is 9.47 Å². The van der Waals surface area contributed by atoms with Crippen molar-refractivity contribution in [2.24, 2.45) is 0 Å². The van der Waals surface area contributed by atoms with Gasteiger partial charge in [0.1, 0.15) is 0 Å². The SMILES string of the molecule is CS(=O)(=O)NC[C@H]1CN(Cc2ccc3c(c2)OCO3)Cc2cncn21. The fourth-order valence-corrected chi connectivity index (χ4v) is 3.79. The van der Waals surface area contributed by atoms with Crippen LogP contribution in [-0.2, 0) is 23.1 Å². The molecule has 0 unspecified atom stereocenters. The molecule has 1 aromatic heterocycles. The van der Waals surface area contributed by atoms with Gasteiger partial charge in [0.25, 0.3) is 0 Å². The van der Waals surface area contributed by atoms with E-state index in [1.807, 2.05) is 29.0 Å². The van der Waals surface area contributed by atoms with E-state index in [9.17, 15) is 8.42 Å². The van der Waals surface area contributed by atoms with Gasteiger partial charge in [0, 0.05) is 32.4 Å². The van der Waals surface area contributed by atoms with Crippen LogP contribution in [0.5, 0.6) is 11.5 Å².